The minimum absolute atomic E-state index is 0. The number of amides is 3. The second kappa shape index (κ2) is 19.3. The maximum absolute atomic E-state index is 14.2. The van der Waals surface area contributed by atoms with Crippen LogP contribution in [0.3, 0.4) is 0 Å². The summed E-state index contributed by atoms with van der Waals surface area (Å²) >= 11 is 0. The molecule has 2 aromatic heterocycles. The summed E-state index contributed by atoms with van der Waals surface area (Å²) in [5, 5.41) is 2.83. The maximum Gasteiger partial charge on any atom is 0.407 e. The van der Waals surface area contributed by atoms with Crippen LogP contribution < -0.4 is 5.32 Å². The van der Waals surface area contributed by atoms with Crippen molar-refractivity contribution < 1.29 is 23.9 Å². The third-order valence-corrected chi connectivity index (χ3v) is 13.6. The van der Waals surface area contributed by atoms with E-state index < -0.39 is 12.1 Å². The number of rotatable bonds is 8. The van der Waals surface area contributed by atoms with Gasteiger partial charge in [-0.15, -0.1) is 0 Å². The van der Waals surface area contributed by atoms with E-state index in [0.717, 1.165) is 90.1 Å². The topological polar surface area (TPSA) is 146 Å². The molecule has 330 valence electrons. The van der Waals surface area contributed by atoms with Gasteiger partial charge in [-0.1, -0.05) is 44.7 Å². The first kappa shape index (κ1) is 48.3. The molecule has 2 spiro atoms. The molecular weight excluding hydrogens is 847 g/mol. The number of carbonyl (C=O) groups is 3. The molecule has 3 aliphatic heterocycles. The highest BCUT2D eigenvalue weighted by Gasteiger charge is 2.56. The molecule has 2 aromatic carbocycles. The summed E-state index contributed by atoms with van der Waals surface area (Å²) in [4.78, 5) is 61.0. The van der Waals surface area contributed by atoms with E-state index in [1.54, 1.807) is 0 Å². The number of hydrogen-bond acceptors (Lipinski definition) is 7. The monoisotopic (exact) mass is 907 g/mol. The lowest BCUT2D eigenvalue weighted by Gasteiger charge is -2.34. The van der Waals surface area contributed by atoms with E-state index in [2.05, 4.69) is 45.9 Å². The Morgan fingerprint density at radius 1 is 0.852 bits per heavy atom. The highest BCUT2D eigenvalue weighted by Crippen LogP contribution is 2.59. The van der Waals surface area contributed by atoms with Crippen molar-refractivity contribution in [1.82, 2.24) is 35.1 Å². The standard InChI is InChI=1S/C45H53N7O5.4H2S/c1-27(2)28(3)41(53)51-25-45(17-18-45)22-37(51)40-47-33-14-11-30(20-34(33)48-40)8-7-29-9-12-31(13-10-29)35-23-46-39(49-35)36-21-44(15-16-44)26-52(36)42(54)38(50-43(55)56-4)32-6-5-19-57-24-32;;;;/h9-14,20,23,27-28,32,36-38H,5-6,15-19,21-22,24-26H2,1-4H3,(H,46,49)(H,47,48)(H,50,55);4*1H2/t28-,32?,36-,37-,38-;;;;/m0..../s1. The smallest absolute Gasteiger partial charge is 0.407 e. The van der Waals surface area contributed by atoms with Crippen LogP contribution in [0.4, 0.5) is 4.79 Å². The van der Waals surface area contributed by atoms with Gasteiger partial charge >= 0.3 is 6.09 Å². The second-order valence-corrected chi connectivity index (χ2v) is 17.9. The first-order valence-corrected chi connectivity index (χ1v) is 20.7. The number of ether oxygens (including phenoxy) is 2. The van der Waals surface area contributed by atoms with Crippen molar-refractivity contribution in [2.45, 2.75) is 90.3 Å². The zero-order valence-electron chi connectivity index (χ0n) is 35.4. The van der Waals surface area contributed by atoms with Gasteiger partial charge in [0.15, 0.2) is 0 Å². The van der Waals surface area contributed by atoms with Crippen molar-refractivity contribution in [2.75, 3.05) is 33.4 Å². The van der Waals surface area contributed by atoms with E-state index in [4.69, 9.17) is 19.4 Å². The van der Waals surface area contributed by atoms with Gasteiger partial charge in [-0.3, -0.25) is 9.59 Å². The number of aromatic amines is 2. The molecule has 9 rings (SSSR count). The Balaban J connectivity index is 0.00000176. The average molecular weight is 908 g/mol. The molecule has 4 aromatic rings. The highest BCUT2D eigenvalue weighted by molar-refractivity contribution is 7.59. The van der Waals surface area contributed by atoms with E-state index in [-0.39, 0.29) is 101 Å². The SMILES string of the molecule is COC(=O)N[C@H](C(=O)N1CC2(CC2)C[C@H]1c1ncc(-c2ccc(C#Cc3ccc4nc([C@@H]5CC6(CC6)CN5C(=O)[C@@H](C)C(C)C)[nH]c4c3)cc2)[nH]1)C1CCCOC1.S.S.S.S. The Bertz CT molecular complexity index is 2260. The fourth-order valence-electron chi connectivity index (χ4n) is 9.26. The number of methoxy groups -OCH3 is 1. The Kier molecular flexibility index (Phi) is 15.3. The van der Waals surface area contributed by atoms with E-state index in [1.165, 1.54) is 20.0 Å². The van der Waals surface area contributed by atoms with Gasteiger partial charge in [-0.05, 0) is 104 Å². The molecular formula is C45H61N7O5S4. The van der Waals surface area contributed by atoms with Crippen molar-refractivity contribution >= 4 is 82.9 Å². The van der Waals surface area contributed by atoms with Crippen LogP contribution in [0, 0.1) is 40.4 Å². The van der Waals surface area contributed by atoms with E-state index in [1.807, 2.05) is 60.5 Å². The van der Waals surface area contributed by atoms with Crippen LogP contribution in [0.15, 0.2) is 48.7 Å². The number of nitrogens with zero attached hydrogens (tertiary/aromatic N) is 4. The van der Waals surface area contributed by atoms with Crippen LogP contribution >= 0.6 is 54.0 Å². The van der Waals surface area contributed by atoms with Crippen LogP contribution in [0.25, 0.3) is 22.3 Å². The number of alkyl carbamates (subject to hydrolysis) is 1. The van der Waals surface area contributed by atoms with E-state index >= 15 is 0 Å². The predicted molar refractivity (Wildman–Crippen MR) is 256 cm³/mol. The molecule has 5 fully saturated rings. The number of carbonyl (C=O) groups excluding carboxylic acids is 3. The first-order chi connectivity index (χ1) is 27.5. The summed E-state index contributed by atoms with van der Waals surface area (Å²) in [7, 11) is 1.32. The zero-order valence-corrected chi connectivity index (χ0v) is 39.4. The van der Waals surface area contributed by atoms with Gasteiger partial charge in [-0.2, -0.15) is 54.0 Å². The Morgan fingerprint density at radius 2 is 1.48 bits per heavy atom. The van der Waals surface area contributed by atoms with Crippen LogP contribution in [-0.4, -0.2) is 87.1 Å². The summed E-state index contributed by atoms with van der Waals surface area (Å²) < 4.78 is 10.6. The normalized spacial score (nSPS) is 22.5. The third-order valence-electron chi connectivity index (χ3n) is 13.6. The van der Waals surface area contributed by atoms with Crippen LogP contribution in [0.2, 0.25) is 0 Å². The molecule has 5 aliphatic rings. The van der Waals surface area contributed by atoms with Gasteiger partial charge in [0, 0.05) is 42.7 Å². The quantitative estimate of drug-likeness (QED) is 0.157. The molecule has 12 nitrogen and oxygen atoms in total. The number of likely N-dealkylation sites (tertiary alicyclic amines) is 2. The zero-order chi connectivity index (χ0) is 39.5. The molecule has 1 unspecified atom stereocenters. The molecule has 2 aliphatic carbocycles. The van der Waals surface area contributed by atoms with Gasteiger partial charge in [0.1, 0.15) is 17.7 Å². The van der Waals surface area contributed by atoms with Crippen molar-refractivity contribution in [3.05, 3.63) is 71.4 Å². The van der Waals surface area contributed by atoms with E-state index in [9.17, 15) is 14.4 Å². The Labute approximate surface area is 386 Å². The number of hydrogen-bond donors (Lipinski definition) is 3. The number of benzene rings is 2. The highest BCUT2D eigenvalue weighted by atomic mass is 32.1. The van der Waals surface area contributed by atoms with Crippen molar-refractivity contribution in [3.8, 4) is 23.1 Å². The first-order valence-electron chi connectivity index (χ1n) is 20.7. The molecule has 0 radical (unpaired) electrons. The molecule has 61 heavy (non-hydrogen) atoms. The lowest BCUT2D eigenvalue weighted by atomic mass is 9.92. The molecule has 5 atom stereocenters. The van der Waals surface area contributed by atoms with Crippen molar-refractivity contribution in [2.24, 2.45) is 28.6 Å². The van der Waals surface area contributed by atoms with Crippen molar-refractivity contribution in [3.63, 3.8) is 0 Å². The predicted octanol–water partition coefficient (Wildman–Crippen LogP) is 7.35. The molecule has 3 N–H and O–H groups in total. The largest absolute Gasteiger partial charge is 0.453 e. The fraction of sp³-hybridized carbons (Fsp3) is 0.533. The number of H-pyrrole nitrogens is 2. The lowest BCUT2D eigenvalue weighted by Crippen LogP contribution is -2.54. The van der Waals surface area contributed by atoms with Gasteiger partial charge in [-0.25, -0.2) is 14.8 Å². The average Bonchev–Trinajstić information content (AvgIpc) is 3.84. The lowest BCUT2D eigenvalue weighted by molar-refractivity contribution is -0.138. The maximum atomic E-state index is 14.2. The summed E-state index contributed by atoms with van der Waals surface area (Å²) in [5.41, 5.74) is 5.80. The number of aromatic nitrogens is 4. The molecule has 2 saturated carbocycles. The number of nitrogens with one attached hydrogen (secondary N) is 3. The van der Waals surface area contributed by atoms with Gasteiger partial charge < -0.3 is 34.6 Å². The third kappa shape index (κ3) is 9.91. The molecule has 3 saturated heterocycles. The number of fused-ring (bicyclic) bond motifs is 1. The van der Waals surface area contributed by atoms with Gasteiger partial charge in [0.2, 0.25) is 11.8 Å². The fourth-order valence-corrected chi connectivity index (χ4v) is 9.26. The minimum Gasteiger partial charge on any atom is -0.453 e. The van der Waals surface area contributed by atoms with Crippen LogP contribution in [0.5, 0.6) is 0 Å². The summed E-state index contributed by atoms with van der Waals surface area (Å²) in [6, 6.07) is 13.2. The van der Waals surface area contributed by atoms with Crippen LogP contribution in [0.1, 0.15) is 107 Å². The molecule has 16 heteroatoms. The van der Waals surface area contributed by atoms with E-state index in [0.29, 0.717) is 25.7 Å². The molecule has 0 bridgehead atoms. The van der Waals surface area contributed by atoms with Gasteiger partial charge in [0.25, 0.3) is 0 Å². The van der Waals surface area contributed by atoms with Crippen LogP contribution in [-0.2, 0) is 19.1 Å². The minimum atomic E-state index is -0.718. The Morgan fingerprint density at radius 3 is 2.08 bits per heavy atom. The summed E-state index contributed by atoms with van der Waals surface area (Å²) in [6.45, 7) is 8.86. The second-order valence-electron chi connectivity index (χ2n) is 17.9. The number of imidazole rings is 2. The molecule has 3 amide bonds. The summed E-state index contributed by atoms with van der Waals surface area (Å²) in [6.07, 6.45) is 9.23. The molecule has 5 heterocycles. The summed E-state index contributed by atoms with van der Waals surface area (Å²) in [5.74, 6) is 8.55. The Hall–Kier alpha value is -3.75. The van der Waals surface area contributed by atoms with Gasteiger partial charge in [0.05, 0.1) is 48.7 Å². The van der Waals surface area contributed by atoms with Crippen molar-refractivity contribution in [1.29, 1.82) is 0 Å².